The van der Waals surface area contributed by atoms with E-state index < -0.39 is 29.5 Å². The zero-order valence-corrected chi connectivity index (χ0v) is 12.9. The molecule has 8 heteroatoms. The van der Waals surface area contributed by atoms with Crippen LogP contribution < -0.4 is 15.5 Å². The second-order valence-electron chi connectivity index (χ2n) is 5.61. The Kier molecular flexibility index (Phi) is 4.60. The number of nitrogens with zero attached hydrogens (tertiary/aromatic N) is 1. The lowest BCUT2D eigenvalue weighted by Gasteiger charge is -2.17. The molecule has 3 amide bonds. The van der Waals surface area contributed by atoms with Crippen molar-refractivity contribution in [2.75, 3.05) is 16.8 Å². The number of rotatable bonds is 3. The first-order chi connectivity index (χ1) is 11.9. The van der Waals surface area contributed by atoms with Crippen LogP contribution in [0, 0.1) is 17.5 Å². The molecule has 1 atom stereocenters. The molecule has 0 saturated carbocycles. The molecule has 3 rings (SSSR count). The number of benzene rings is 2. The number of hydrogen-bond acceptors (Lipinski definition) is 2. The SMILES string of the molecule is O=C(Nc1cc(F)ccc1F)NC1CC(=O)N(c2cccc(F)c2)C1. The van der Waals surface area contributed by atoms with E-state index in [0.717, 1.165) is 18.2 Å². The number of amides is 3. The Morgan fingerprint density at radius 1 is 1.08 bits per heavy atom. The number of carbonyl (C=O) groups is 2. The summed E-state index contributed by atoms with van der Waals surface area (Å²) in [5, 5.41) is 4.72. The van der Waals surface area contributed by atoms with Gasteiger partial charge < -0.3 is 15.5 Å². The number of anilines is 2. The van der Waals surface area contributed by atoms with Crippen LogP contribution in [0.4, 0.5) is 29.3 Å². The molecule has 1 aliphatic heterocycles. The zero-order valence-electron chi connectivity index (χ0n) is 12.9. The van der Waals surface area contributed by atoms with Crippen molar-refractivity contribution in [3.63, 3.8) is 0 Å². The van der Waals surface area contributed by atoms with Crippen molar-refractivity contribution in [1.82, 2.24) is 5.32 Å². The van der Waals surface area contributed by atoms with Crippen molar-refractivity contribution in [3.8, 4) is 0 Å². The number of halogens is 3. The topological polar surface area (TPSA) is 61.4 Å². The van der Waals surface area contributed by atoms with Crippen LogP contribution in [0.3, 0.4) is 0 Å². The van der Waals surface area contributed by atoms with E-state index in [-0.39, 0.29) is 24.6 Å². The molecule has 5 nitrogen and oxygen atoms in total. The number of hydrogen-bond donors (Lipinski definition) is 2. The molecule has 0 radical (unpaired) electrons. The monoisotopic (exact) mass is 349 g/mol. The van der Waals surface area contributed by atoms with Crippen molar-refractivity contribution in [1.29, 1.82) is 0 Å². The summed E-state index contributed by atoms with van der Waals surface area (Å²) in [6, 6.07) is 6.96. The molecule has 1 unspecified atom stereocenters. The second-order valence-corrected chi connectivity index (χ2v) is 5.61. The normalized spacial score (nSPS) is 16.8. The molecule has 1 saturated heterocycles. The molecule has 2 aromatic carbocycles. The van der Waals surface area contributed by atoms with E-state index in [9.17, 15) is 22.8 Å². The van der Waals surface area contributed by atoms with Crippen molar-refractivity contribution in [2.45, 2.75) is 12.5 Å². The van der Waals surface area contributed by atoms with Gasteiger partial charge in [-0.25, -0.2) is 18.0 Å². The van der Waals surface area contributed by atoms with Crippen LogP contribution in [-0.4, -0.2) is 24.5 Å². The highest BCUT2D eigenvalue weighted by Crippen LogP contribution is 2.22. The Balaban J connectivity index is 1.63. The van der Waals surface area contributed by atoms with Gasteiger partial charge in [-0.1, -0.05) is 6.07 Å². The Bertz CT molecular complexity index is 829. The first-order valence-corrected chi connectivity index (χ1v) is 7.51. The summed E-state index contributed by atoms with van der Waals surface area (Å²) >= 11 is 0. The van der Waals surface area contributed by atoms with Gasteiger partial charge in [0.25, 0.3) is 0 Å². The van der Waals surface area contributed by atoms with Gasteiger partial charge in [-0.3, -0.25) is 4.79 Å². The first-order valence-electron chi connectivity index (χ1n) is 7.51. The van der Waals surface area contributed by atoms with E-state index in [4.69, 9.17) is 0 Å². The van der Waals surface area contributed by atoms with E-state index >= 15 is 0 Å². The maximum atomic E-state index is 13.5. The predicted molar refractivity (Wildman–Crippen MR) is 85.7 cm³/mol. The Labute approximate surface area is 141 Å². The highest BCUT2D eigenvalue weighted by atomic mass is 19.1. The maximum Gasteiger partial charge on any atom is 0.319 e. The molecular formula is C17H14F3N3O2. The molecule has 1 aliphatic rings. The molecule has 0 bridgehead atoms. The number of carbonyl (C=O) groups excluding carboxylic acids is 2. The van der Waals surface area contributed by atoms with E-state index in [1.54, 1.807) is 6.07 Å². The van der Waals surface area contributed by atoms with Gasteiger partial charge in [-0.2, -0.15) is 0 Å². The average molecular weight is 349 g/mol. The number of nitrogens with one attached hydrogen (secondary N) is 2. The molecular weight excluding hydrogens is 335 g/mol. The Morgan fingerprint density at radius 3 is 2.60 bits per heavy atom. The second kappa shape index (κ2) is 6.84. The van der Waals surface area contributed by atoms with Crippen molar-refractivity contribution < 1.29 is 22.8 Å². The van der Waals surface area contributed by atoms with Crippen molar-refractivity contribution in [2.24, 2.45) is 0 Å². The molecule has 2 aromatic rings. The molecule has 1 heterocycles. The van der Waals surface area contributed by atoms with Crippen LogP contribution in [0.5, 0.6) is 0 Å². The average Bonchev–Trinajstić information content (AvgIpc) is 2.91. The van der Waals surface area contributed by atoms with Gasteiger partial charge in [0, 0.05) is 24.7 Å². The van der Waals surface area contributed by atoms with Gasteiger partial charge in [0.05, 0.1) is 11.7 Å². The quantitative estimate of drug-likeness (QED) is 0.895. The lowest BCUT2D eigenvalue weighted by molar-refractivity contribution is -0.117. The lowest BCUT2D eigenvalue weighted by atomic mass is 10.2. The summed E-state index contributed by atoms with van der Waals surface area (Å²) < 4.78 is 39.9. The van der Waals surface area contributed by atoms with E-state index in [1.165, 1.54) is 23.1 Å². The molecule has 0 aliphatic carbocycles. The molecule has 2 N–H and O–H groups in total. The summed E-state index contributed by atoms with van der Waals surface area (Å²) in [4.78, 5) is 25.3. The smallest absolute Gasteiger partial charge is 0.319 e. The predicted octanol–water partition coefficient (Wildman–Crippen LogP) is 3.03. The standard InChI is InChI=1S/C17H14F3N3O2/c18-10-2-1-3-13(6-10)23-9-12(8-16(23)24)21-17(25)22-15-7-11(19)4-5-14(15)20/h1-7,12H,8-9H2,(H2,21,22,25). The van der Waals surface area contributed by atoms with Crippen LogP contribution in [0.25, 0.3) is 0 Å². The third-order valence-electron chi connectivity index (χ3n) is 3.76. The van der Waals surface area contributed by atoms with Gasteiger partial charge in [-0.05, 0) is 30.3 Å². The Morgan fingerprint density at radius 2 is 1.84 bits per heavy atom. The minimum atomic E-state index is -0.777. The zero-order chi connectivity index (χ0) is 18.0. The third kappa shape index (κ3) is 3.90. The van der Waals surface area contributed by atoms with Gasteiger partial charge in [-0.15, -0.1) is 0 Å². The molecule has 25 heavy (non-hydrogen) atoms. The minimum absolute atomic E-state index is 0.0234. The van der Waals surface area contributed by atoms with E-state index in [2.05, 4.69) is 10.6 Å². The van der Waals surface area contributed by atoms with Gasteiger partial charge >= 0.3 is 6.03 Å². The van der Waals surface area contributed by atoms with Crippen LogP contribution in [0.2, 0.25) is 0 Å². The summed E-state index contributed by atoms with van der Waals surface area (Å²) in [6.45, 7) is 0.154. The highest BCUT2D eigenvalue weighted by Gasteiger charge is 2.31. The summed E-state index contributed by atoms with van der Waals surface area (Å²) in [7, 11) is 0. The minimum Gasteiger partial charge on any atom is -0.333 e. The number of urea groups is 1. The van der Waals surface area contributed by atoms with Gasteiger partial charge in [0.1, 0.15) is 17.5 Å². The first kappa shape index (κ1) is 16.8. The third-order valence-corrected chi connectivity index (χ3v) is 3.76. The Hall–Kier alpha value is -3.03. The lowest BCUT2D eigenvalue weighted by Crippen LogP contribution is -2.39. The largest absolute Gasteiger partial charge is 0.333 e. The molecule has 1 fully saturated rings. The van der Waals surface area contributed by atoms with Crippen LogP contribution in [0.15, 0.2) is 42.5 Å². The molecule has 130 valence electrons. The van der Waals surface area contributed by atoms with Crippen molar-refractivity contribution in [3.05, 3.63) is 59.9 Å². The van der Waals surface area contributed by atoms with Crippen LogP contribution in [0.1, 0.15) is 6.42 Å². The van der Waals surface area contributed by atoms with Gasteiger partial charge in [0.2, 0.25) is 5.91 Å². The van der Waals surface area contributed by atoms with Crippen LogP contribution in [-0.2, 0) is 4.79 Å². The summed E-state index contributed by atoms with van der Waals surface area (Å²) in [5.74, 6) is -2.21. The highest BCUT2D eigenvalue weighted by molar-refractivity contribution is 5.97. The molecule has 0 spiro atoms. The fourth-order valence-corrected chi connectivity index (χ4v) is 2.63. The van der Waals surface area contributed by atoms with Gasteiger partial charge in [0.15, 0.2) is 0 Å². The molecule has 0 aromatic heterocycles. The van der Waals surface area contributed by atoms with E-state index in [1.807, 2.05) is 0 Å². The summed E-state index contributed by atoms with van der Waals surface area (Å²) in [5.41, 5.74) is 0.0923. The van der Waals surface area contributed by atoms with Crippen molar-refractivity contribution >= 4 is 23.3 Å². The maximum absolute atomic E-state index is 13.5. The van der Waals surface area contributed by atoms with Crippen LogP contribution >= 0.6 is 0 Å². The van der Waals surface area contributed by atoms with E-state index in [0.29, 0.717) is 5.69 Å². The summed E-state index contributed by atoms with van der Waals surface area (Å²) in [6.07, 6.45) is 0.0234. The fourth-order valence-electron chi connectivity index (χ4n) is 2.63. The fraction of sp³-hybridized carbons (Fsp3) is 0.176.